The second-order valence-electron chi connectivity index (χ2n) is 5.48. The molecule has 1 amide bonds. The van der Waals surface area contributed by atoms with E-state index in [1.54, 1.807) is 7.05 Å². The molecular weight excluding hydrogens is 294 g/mol. The van der Waals surface area contributed by atoms with Crippen molar-refractivity contribution in [1.82, 2.24) is 8.87 Å². The molecule has 118 valence electrons. The summed E-state index contributed by atoms with van der Waals surface area (Å²) in [6.07, 6.45) is 3.74. The summed E-state index contributed by atoms with van der Waals surface area (Å²) in [5.74, 6) is -0.681. The Bertz CT molecular complexity index is 638. The second kappa shape index (κ2) is 5.78. The number of aliphatic hydroxyl groups is 1. The van der Waals surface area contributed by atoms with E-state index in [0.717, 1.165) is 12.8 Å². The lowest BCUT2D eigenvalue weighted by Crippen LogP contribution is -2.46. The number of rotatable bonds is 4. The van der Waals surface area contributed by atoms with Gasteiger partial charge in [0.15, 0.2) is 0 Å². The Morgan fingerprint density at radius 2 is 2.05 bits per heavy atom. The zero-order valence-electron chi connectivity index (χ0n) is 12.2. The standard InChI is InChI=1S/C13H21N3O4S/c1-15-8-9(7-11(15)13(14)18)21(19,20)16(2)10-5-3-4-6-12(10)17/h7-8,10,12,17H,3-6H2,1-2H3,(H2,14,18). The summed E-state index contributed by atoms with van der Waals surface area (Å²) in [6, 6.07) is 0.838. The SMILES string of the molecule is CN(C1CCCCC1O)S(=O)(=O)c1cc(C(N)=O)n(C)c1. The van der Waals surface area contributed by atoms with Crippen molar-refractivity contribution in [2.45, 2.75) is 42.7 Å². The lowest BCUT2D eigenvalue weighted by molar-refractivity contribution is 0.0638. The highest BCUT2D eigenvalue weighted by atomic mass is 32.2. The molecule has 7 nitrogen and oxygen atoms in total. The average Bonchev–Trinajstić information content (AvgIpc) is 2.81. The Hall–Kier alpha value is -1.38. The summed E-state index contributed by atoms with van der Waals surface area (Å²) in [5, 5.41) is 10.0. The number of hydrogen-bond acceptors (Lipinski definition) is 4. The summed E-state index contributed by atoms with van der Waals surface area (Å²) in [4.78, 5) is 11.3. The van der Waals surface area contributed by atoms with E-state index in [-0.39, 0.29) is 10.6 Å². The molecule has 21 heavy (non-hydrogen) atoms. The molecule has 1 fully saturated rings. The first-order valence-electron chi connectivity index (χ1n) is 6.87. The van der Waals surface area contributed by atoms with Crippen LogP contribution in [0.2, 0.25) is 0 Å². The minimum Gasteiger partial charge on any atom is -0.391 e. The van der Waals surface area contributed by atoms with E-state index in [2.05, 4.69) is 0 Å². The molecule has 2 unspecified atom stereocenters. The van der Waals surface area contributed by atoms with Gasteiger partial charge < -0.3 is 15.4 Å². The van der Waals surface area contributed by atoms with Gasteiger partial charge >= 0.3 is 0 Å². The molecule has 1 saturated carbocycles. The van der Waals surface area contributed by atoms with Gasteiger partial charge in [-0.25, -0.2) is 8.42 Å². The van der Waals surface area contributed by atoms with Crippen molar-refractivity contribution in [2.24, 2.45) is 12.8 Å². The van der Waals surface area contributed by atoms with Crippen LogP contribution in [0.5, 0.6) is 0 Å². The highest BCUT2D eigenvalue weighted by Gasteiger charge is 2.35. The van der Waals surface area contributed by atoms with E-state index in [4.69, 9.17) is 5.73 Å². The van der Waals surface area contributed by atoms with E-state index in [1.807, 2.05) is 0 Å². The Morgan fingerprint density at radius 1 is 1.43 bits per heavy atom. The van der Waals surface area contributed by atoms with Crippen molar-refractivity contribution in [3.8, 4) is 0 Å². The number of likely N-dealkylation sites (N-methyl/N-ethyl adjacent to an activating group) is 1. The van der Waals surface area contributed by atoms with E-state index >= 15 is 0 Å². The monoisotopic (exact) mass is 315 g/mol. The summed E-state index contributed by atoms with van der Waals surface area (Å²) < 4.78 is 27.8. The number of primary amides is 1. The fraction of sp³-hybridized carbons (Fsp3) is 0.615. The first-order chi connectivity index (χ1) is 9.75. The van der Waals surface area contributed by atoms with Crippen LogP contribution in [-0.4, -0.2) is 47.5 Å². The Kier molecular flexibility index (Phi) is 4.40. The molecule has 0 saturated heterocycles. The van der Waals surface area contributed by atoms with E-state index in [0.29, 0.717) is 12.8 Å². The molecule has 0 spiro atoms. The number of nitrogens with zero attached hydrogens (tertiary/aromatic N) is 2. The van der Waals surface area contributed by atoms with Crippen LogP contribution < -0.4 is 5.73 Å². The van der Waals surface area contributed by atoms with Crippen molar-refractivity contribution < 1.29 is 18.3 Å². The number of sulfonamides is 1. The van der Waals surface area contributed by atoms with Crippen LogP contribution in [-0.2, 0) is 17.1 Å². The zero-order chi connectivity index (χ0) is 15.8. The van der Waals surface area contributed by atoms with Crippen molar-refractivity contribution in [1.29, 1.82) is 0 Å². The topological polar surface area (TPSA) is 106 Å². The molecule has 1 aromatic rings. The summed E-state index contributed by atoms with van der Waals surface area (Å²) in [6.45, 7) is 0. The molecule has 1 aromatic heterocycles. The predicted molar refractivity (Wildman–Crippen MR) is 77.1 cm³/mol. The van der Waals surface area contributed by atoms with Crippen molar-refractivity contribution in [3.05, 3.63) is 18.0 Å². The number of carbonyl (C=O) groups is 1. The lowest BCUT2D eigenvalue weighted by Gasteiger charge is -2.34. The van der Waals surface area contributed by atoms with E-state index in [9.17, 15) is 18.3 Å². The molecule has 0 radical (unpaired) electrons. The van der Waals surface area contributed by atoms with Crippen LogP contribution in [0, 0.1) is 0 Å². The summed E-state index contributed by atoms with van der Waals surface area (Å²) >= 11 is 0. The van der Waals surface area contributed by atoms with E-state index < -0.39 is 28.1 Å². The normalized spacial score (nSPS) is 23.4. The van der Waals surface area contributed by atoms with Crippen LogP contribution >= 0.6 is 0 Å². The number of aromatic nitrogens is 1. The number of hydrogen-bond donors (Lipinski definition) is 2. The van der Waals surface area contributed by atoms with Gasteiger partial charge in [-0.05, 0) is 18.9 Å². The minimum atomic E-state index is -3.76. The highest BCUT2D eigenvalue weighted by Crippen LogP contribution is 2.27. The Balaban J connectivity index is 2.32. The lowest BCUT2D eigenvalue weighted by atomic mass is 9.93. The number of aliphatic hydroxyl groups excluding tert-OH is 1. The Labute approximate surface area is 124 Å². The maximum Gasteiger partial charge on any atom is 0.265 e. The largest absolute Gasteiger partial charge is 0.391 e. The average molecular weight is 315 g/mol. The van der Waals surface area contributed by atoms with Gasteiger partial charge in [0.1, 0.15) is 10.6 Å². The summed E-state index contributed by atoms with van der Waals surface area (Å²) in [7, 11) is -0.734. The third-order valence-electron chi connectivity index (χ3n) is 4.07. The van der Waals surface area contributed by atoms with Gasteiger partial charge in [-0.1, -0.05) is 12.8 Å². The summed E-state index contributed by atoms with van der Waals surface area (Å²) in [5.41, 5.74) is 5.33. The molecule has 2 rings (SSSR count). The number of carbonyl (C=O) groups excluding carboxylic acids is 1. The molecule has 0 aromatic carbocycles. The minimum absolute atomic E-state index is 0.0130. The quantitative estimate of drug-likeness (QED) is 0.818. The van der Waals surface area contributed by atoms with Crippen molar-refractivity contribution in [2.75, 3.05) is 7.05 Å². The van der Waals surface area contributed by atoms with Gasteiger partial charge in [-0.15, -0.1) is 0 Å². The maximum atomic E-state index is 12.6. The van der Waals surface area contributed by atoms with E-state index in [1.165, 1.54) is 28.2 Å². The second-order valence-corrected chi connectivity index (χ2v) is 7.47. The molecule has 0 aliphatic heterocycles. The van der Waals surface area contributed by atoms with Gasteiger partial charge in [-0.2, -0.15) is 4.31 Å². The molecular formula is C13H21N3O4S. The third-order valence-corrected chi connectivity index (χ3v) is 5.92. The maximum absolute atomic E-state index is 12.6. The van der Waals surface area contributed by atoms with Gasteiger partial charge in [0, 0.05) is 20.3 Å². The highest BCUT2D eigenvalue weighted by molar-refractivity contribution is 7.89. The van der Waals surface area contributed by atoms with Crippen molar-refractivity contribution >= 4 is 15.9 Å². The fourth-order valence-electron chi connectivity index (χ4n) is 2.78. The molecule has 2 atom stereocenters. The van der Waals surface area contributed by atoms with Crippen LogP contribution in [0.1, 0.15) is 36.2 Å². The van der Waals surface area contributed by atoms with Gasteiger partial charge in [0.2, 0.25) is 10.0 Å². The van der Waals surface area contributed by atoms with Crippen molar-refractivity contribution in [3.63, 3.8) is 0 Å². The third kappa shape index (κ3) is 2.97. The zero-order valence-corrected chi connectivity index (χ0v) is 13.0. The van der Waals surface area contributed by atoms with Crippen LogP contribution in [0.15, 0.2) is 17.2 Å². The number of amides is 1. The number of aryl methyl sites for hydroxylation is 1. The predicted octanol–water partition coefficient (Wildman–Crippen LogP) is 0.0480. The molecule has 0 bridgehead atoms. The fourth-order valence-corrected chi connectivity index (χ4v) is 4.27. The first kappa shape index (κ1) is 16.0. The Morgan fingerprint density at radius 3 is 2.57 bits per heavy atom. The van der Waals surface area contributed by atoms with Gasteiger partial charge in [-0.3, -0.25) is 4.79 Å². The molecule has 8 heteroatoms. The molecule has 1 heterocycles. The smallest absolute Gasteiger partial charge is 0.265 e. The van der Waals surface area contributed by atoms with Crippen LogP contribution in [0.4, 0.5) is 0 Å². The van der Waals surface area contributed by atoms with Gasteiger partial charge in [0.05, 0.1) is 12.1 Å². The number of nitrogens with two attached hydrogens (primary N) is 1. The van der Waals surface area contributed by atoms with Gasteiger partial charge in [0.25, 0.3) is 5.91 Å². The van der Waals surface area contributed by atoms with Crippen LogP contribution in [0.3, 0.4) is 0 Å². The molecule has 1 aliphatic carbocycles. The van der Waals surface area contributed by atoms with Crippen LogP contribution in [0.25, 0.3) is 0 Å². The molecule has 3 N–H and O–H groups in total. The molecule has 1 aliphatic rings. The first-order valence-corrected chi connectivity index (χ1v) is 8.31.